The SMILES string of the molecule is COc1ccccc1CNC(=O)CN(c1cccc(F)c1)S(=O)(=O)c1ccc2c(c1)OCCO2. The molecule has 0 fully saturated rings. The average Bonchev–Trinajstić information content (AvgIpc) is 2.85. The number of fused-ring (bicyclic) bond motifs is 1. The maximum absolute atomic E-state index is 14.0. The highest BCUT2D eigenvalue weighted by molar-refractivity contribution is 7.92. The summed E-state index contributed by atoms with van der Waals surface area (Å²) in [4.78, 5) is 12.7. The number of para-hydroxylation sites is 1. The summed E-state index contributed by atoms with van der Waals surface area (Å²) < 4.78 is 58.1. The number of hydrogen-bond acceptors (Lipinski definition) is 6. The minimum Gasteiger partial charge on any atom is -0.496 e. The number of carbonyl (C=O) groups is 1. The van der Waals surface area contributed by atoms with E-state index in [0.29, 0.717) is 18.1 Å². The van der Waals surface area contributed by atoms with E-state index < -0.39 is 28.3 Å². The van der Waals surface area contributed by atoms with Crippen molar-refractivity contribution in [2.75, 3.05) is 31.2 Å². The van der Waals surface area contributed by atoms with Crippen LogP contribution in [0.5, 0.6) is 17.2 Å². The first-order valence-corrected chi connectivity index (χ1v) is 11.9. The molecular weight excluding hydrogens is 463 g/mol. The molecule has 0 radical (unpaired) electrons. The Labute approximate surface area is 196 Å². The molecule has 0 aliphatic carbocycles. The predicted octanol–water partition coefficient (Wildman–Crippen LogP) is 3.12. The highest BCUT2D eigenvalue weighted by Crippen LogP contribution is 2.34. The number of amides is 1. The lowest BCUT2D eigenvalue weighted by Crippen LogP contribution is -2.40. The molecule has 4 rings (SSSR count). The molecule has 3 aromatic rings. The van der Waals surface area contributed by atoms with Gasteiger partial charge in [0.15, 0.2) is 11.5 Å². The van der Waals surface area contributed by atoms with Gasteiger partial charge in [-0.1, -0.05) is 24.3 Å². The number of methoxy groups -OCH3 is 1. The number of hydrogen-bond donors (Lipinski definition) is 1. The van der Waals surface area contributed by atoms with E-state index in [9.17, 15) is 17.6 Å². The van der Waals surface area contributed by atoms with E-state index in [2.05, 4.69) is 5.32 Å². The summed E-state index contributed by atoms with van der Waals surface area (Å²) in [5.41, 5.74) is 0.743. The highest BCUT2D eigenvalue weighted by Gasteiger charge is 2.29. The quantitative estimate of drug-likeness (QED) is 0.526. The second-order valence-corrected chi connectivity index (χ2v) is 9.25. The molecule has 1 aliphatic heterocycles. The molecule has 1 aliphatic rings. The predicted molar refractivity (Wildman–Crippen MR) is 123 cm³/mol. The zero-order chi connectivity index (χ0) is 24.1. The van der Waals surface area contributed by atoms with E-state index >= 15 is 0 Å². The molecule has 3 aromatic carbocycles. The van der Waals surface area contributed by atoms with Gasteiger partial charge in [0.25, 0.3) is 10.0 Å². The summed E-state index contributed by atoms with van der Waals surface area (Å²) in [5, 5.41) is 2.70. The smallest absolute Gasteiger partial charge is 0.264 e. The lowest BCUT2D eigenvalue weighted by molar-refractivity contribution is -0.119. The highest BCUT2D eigenvalue weighted by atomic mass is 32.2. The van der Waals surface area contributed by atoms with Crippen LogP contribution in [0.15, 0.2) is 71.6 Å². The van der Waals surface area contributed by atoms with Crippen LogP contribution in [0.1, 0.15) is 5.56 Å². The van der Waals surface area contributed by atoms with Crippen molar-refractivity contribution >= 4 is 21.6 Å². The van der Waals surface area contributed by atoms with Gasteiger partial charge in [0.1, 0.15) is 31.3 Å². The third-order valence-corrected chi connectivity index (χ3v) is 6.92. The Morgan fingerprint density at radius 2 is 1.79 bits per heavy atom. The van der Waals surface area contributed by atoms with Crippen molar-refractivity contribution in [2.45, 2.75) is 11.4 Å². The van der Waals surface area contributed by atoms with Crippen LogP contribution in [0.25, 0.3) is 0 Å². The Bertz CT molecular complexity index is 1300. The Hall–Kier alpha value is -3.79. The van der Waals surface area contributed by atoms with Gasteiger partial charge in [-0.05, 0) is 36.4 Å². The fourth-order valence-electron chi connectivity index (χ4n) is 3.49. The second-order valence-electron chi connectivity index (χ2n) is 7.39. The topological polar surface area (TPSA) is 94.2 Å². The Morgan fingerprint density at radius 1 is 1.03 bits per heavy atom. The summed E-state index contributed by atoms with van der Waals surface area (Å²) in [5.74, 6) is 0.100. The zero-order valence-corrected chi connectivity index (χ0v) is 19.2. The molecule has 0 spiro atoms. The van der Waals surface area contributed by atoms with Crippen LogP contribution in [0.3, 0.4) is 0 Å². The number of carbonyl (C=O) groups excluding carboxylic acids is 1. The van der Waals surface area contributed by atoms with E-state index in [1.54, 1.807) is 24.3 Å². The summed E-state index contributed by atoms with van der Waals surface area (Å²) in [6.07, 6.45) is 0. The van der Waals surface area contributed by atoms with Crippen molar-refractivity contribution in [1.82, 2.24) is 5.32 Å². The van der Waals surface area contributed by atoms with Crippen LogP contribution in [0.2, 0.25) is 0 Å². The lowest BCUT2D eigenvalue weighted by atomic mass is 10.2. The Balaban J connectivity index is 1.61. The minimum atomic E-state index is -4.25. The van der Waals surface area contributed by atoms with Crippen molar-refractivity contribution in [1.29, 1.82) is 0 Å². The van der Waals surface area contributed by atoms with Gasteiger partial charge in [-0.3, -0.25) is 9.10 Å². The molecule has 0 atom stereocenters. The minimum absolute atomic E-state index is 0.0160. The molecule has 1 heterocycles. The van der Waals surface area contributed by atoms with Gasteiger partial charge in [-0.15, -0.1) is 0 Å². The maximum atomic E-state index is 14.0. The van der Waals surface area contributed by atoms with Crippen molar-refractivity contribution in [3.63, 3.8) is 0 Å². The number of halogens is 1. The monoisotopic (exact) mass is 486 g/mol. The van der Waals surface area contributed by atoms with Gasteiger partial charge in [0, 0.05) is 18.2 Å². The van der Waals surface area contributed by atoms with Gasteiger partial charge in [-0.25, -0.2) is 12.8 Å². The normalized spacial score (nSPS) is 12.6. The summed E-state index contributed by atoms with van der Waals surface area (Å²) >= 11 is 0. The van der Waals surface area contributed by atoms with Crippen molar-refractivity contribution in [2.24, 2.45) is 0 Å². The fourth-order valence-corrected chi connectivity index (χ4v) is 4.92. The molecule has 0 unspecified atom stereocenters. The van der Waals surface area contributed by atoms with Gasteiger partial charge in [-0.2, -0.15) is 0 Å². The largest absolute Gasteiger partial charge is 0.496 e. The van der Waals surface area contributed by atoms with E-state index in [1.807, 2.05) is 0 Å². The number of sulfonamides is 1. The van der Waals surface area contributed by atoms with Crippen molar-refractivity contribution < 1.29 is 31.8 Å². The molecule has 8 nitrogen and oxygen atoms in total. The molecule has 0 aromatic heterocycles. The molecule has 0 saturated heterocycles. The van der Waals surface area contributed by atoms with Gasteiger partial charge in [0.05, 0.1) is 17.7 Å². The fraction of sp³-hybridized carbons (Fsp3) is 0.208. The number of rotatable bonds is 8. The van der Waals surface area contributed by atoms with Crippen molar-refractivity contribution in [3.8, 4) is 17.2 Å². The molecular formula is C24H23FN2O6S. The third kappa shape index (κ3) is 5.07. The van der Waals surface area contributed by atoms with Crippen LogP contribution in [0.4, 0.5) is 10.1 Å². The molecule has 34 heavy (non-hydrogen) atoms. The summed E-state index contributed by atoms with van der Waals surface area (Å²) in [7, 11) is -2.73. The zero-order valence-electron chi connectivity index (χ0n) is 18.4. The second kappa shape index (κ2) is 10.0. The molecule has 1 amide bonds. The van der Waals surface area contributed by atoms with Gasteiger partial charge < -0.3 is 19.5 Å². The lowest BCUT2D eigenvalue weighted by Gasteiger charge is -2.25. The van der Waals surface area contributed by atoms with E-state index in [-0.39, 0.29) is 29.5 Å². The number of anilines is 1. The van der Waals surface area contributed by atoms with Crippen LogP contribution in [-0.2, 0) is 21.4 Å². The van der Waals surface area contributed by atoms with E-state index in [0.717, 1.165) is 15.9 Å². The first-order chi connectivity index (χ1) is 16.4. The number of nitrogens with zero attached hydrogens (tertiary/aromatic N) is 1. The molecule has 0 bridgehead atoms. The average molecular weight is 487 g/mol. The molecule has 1 N–H and O–H groups in total. The molecule has 10 heteroatoms. The molecule has 0 saturated carbocycles. The molecule has 178 valence electrons. The van der Waals surface area contributed by atoms with Crippen LogP contribution in [0, 0.1) is 5.82 Å². The first-order valence-electron chi connectivity index (χ1n) is 10.4. The van der Waals surface area contributed by atoms with Crippen molar-refractivity contribution in [3.05, 3.63) is 78.1 Å². The number of nitrogens with one attached hydrogen (secondary N) is 1. The maximum Gasteiger partial charge on any atom is 0.264 e. The van der Waals surface area contributed by atoms with E-state index in [4.69, 9.17) is 14.2 Å². The standard InChI is InChI=1S/C24H23FN2O6S/c1-31-21-8-3-2-5-17(21)15-26-24(28)16-27(19-7-4-6-18(25)13-19)34(29,30)20-9-10-22-23(14-20)33-12-11-32-22/h2-10,13-14H,11-12,15-16H2,1H3,(H,26,28). The van der Waals surface area contributed by atoms with Crippen LogP contribution >= 0.6 is 0 Å². The summed E-state index contributed by atoms with van der Waals surface area (Å²) in [6.45, 7) is 0.218. The third-order valence-electron chi connectivity index (χ3n) is 5.15. The Morgan fingerprint density at radius 3 is 2.56 bits per heavy atom. The summed E-state index contributed by atoms with van der Waals surface area (Å²) in [6, 6.07) is 16.4. The first kappa shape index (κ1) is 23.4. The van der Waals surface area contributed by atoms with Gasteiger partial charge in [0.2, 0.25) is 5.91 Å². The van der Waals surface area contributed by atoms with Crippen LogP contribution in [-0.4, -0.2) is 41.2 Å². The number of ether oxygens (including phenoxy) is 3. The van der Waals surface area contributed by atoms with Crippen LogP contribution < -0.4 is 23.8 Å². The van der Waals surface area contributed by atoms with E-state index in [1.165, 1.54) is 43.5 Å². The number of benzene rings is 3. The Kier molecular flexibility index (Phi) is 6.87. The van der Waals surface area contributed by atoms with Gasteiger partial charge >= 0.3 is 0 Å².